The van der Waals surface area contributed by atoms with Crippen molar-refractivity contribution in [3.05, 3.63) is 12.7 Å². The fourth-order valence-corrected chi connectivity index (χ4v) is 0. The van der Waals surface area contributed by atoms with Gasteiger partial charge in [-0.15, -0.1) is 0 Å². The van der Waals surface area contributed by atoms with Gasteiger partial charge in [-0.25, -0.2) is 0 Å². The summed E-state index contributed by atoms with van der Waals surface area (Å²) < 4.78 is 1.31. The minimum absolute atomic E-state index is 0.797. The molecule has 0 rings (SSSR count). The van der Waals surface area contributed by atoms with Crippen LogP contribution >= 0.6 is 0 Å². The van der Waals surface area contributed by atoms with Crippen LogP contribution in [0.15, 0.2) is 12.7 Å². The van der Waals surface area contributed by atoms with E-state index in [4.69, 9.17) is 0 Å². The summed E-state index contributed by atoms with van der Waals surface area (Å²) in [6, 6.07) is 0. The molecule has 0 aliphatic heterocycles. The van der Waals surface area contributed by atoms with E-state index in [1.54, 1.807) is 0 Å². The molecule has 0 amide bonds. The van der Waals surface area contributed by atoms with Crippen molar-refractivity contribution in [2.24, 2.45) is 0 Å². The number of allylic oxidation sites excluding steroid dienone is 1. The van der Waals surface area contributed by atoms with Gasteiger partial charge in [-0.1, -0.05) is 0 Å². The fraction of sp³-hybridized carbons (Fsp3) is 0.333. The second-order valence-corrected chi connectivity index (χ2v) is 3.26. The molecule has 0 bridgehead atoms. The first-order valence-corrected chi connectivity index (χ1v) is 5.96. The molecule has 0 fully saturated rings. The maximum absolute atomic E-state index is 3.53. The van der Waals surface area contributed by atoms with Crippen molar-refractivity contribution in [2.45, 2.75) is -2.15 Å². The molecule has 0 unspecified atom stereocenters. The van der Waals surface area contributed by atoms with Gasteiger partial charge in [0.25, 0.3) is 0 Å². The molecule has 4 heavy (non-hydrogen) atoms. The molecule has 0 nitrogen and oxygen atoms in total. The van der Waals surface area contributed by atoms with Gasteiger partial charge in [-0.3, -0.25) is 0 Å². The summed E-state index contributed by atoms with van der Waals surface area (Å²) >= 11 is 0.797. The summed E-state index contributed by atoms with van der Waals surface area (Å²) in [4.78, 5) is 0. The van der Waals surface area contributed by atoms with Crippen LogP contribution in [-0.2, 0) is 0 Å². The van der Waals surface area contributed by atoms with Crippen molar-refractivity contribution < 1.29 is 0 Å². The first kappa shape index (κ1) is 5.79. The molecule has 0 saturated heterocycles. The zero-order chi connectivity index (χ0) is 3.41. The summed E-state index contributed by atoms with van der Waals surface area (Å²) in [6.07, 6.45) is 1.97. The quantitative estimate of drug-likeness (QED) is 0.514. The molecule has 0 heterocycles. The van der Waals surface area contributed by atoms with Gasteiger partial charge in [0, 0.05) is 0 Å². The van der Waals surface area contributed by atoms with E-state index >= 15 is 0 Å². The third-order valence-electron chi connectivity index (χ3n) is 0.289. The molecule has 18 valence electrons. The van der Waals surface area contributed by atoms with Gasteiger partial charge >= 0.3 is 76.4 Å². The predicted octanol–water partition coefficient (Wildman–Crippen LogP) is 0.759. The SMILES string of the molecule is C=C[CH2][Cs]. The summed E-state index contributed by atoms with van der Waals surface area (Å²) in [7, 11) is 0. The van der Waals surface area contributed by atoms with E-state index in [1.807, 2.05) is 6.08 Å². The topological polar surface area (TPSA) is 0 Å². The average molecular weight is 174 g/mol. The van der Waals surface area contributed by atoms with Crippen molar-refractivity contribution in [3.8, 4) is 0 Å². The van der Waals surface area contributed by atoms with Crippen LogP contribution in [0.2, 0.25) is -2.15 Å². The van der Waals surface area contributed by atoms with E-state index in [9.17, 15) is 0 Å². The molecular weight excluding hydrogens is 169 g/mol. The molecule has 0 aliphatic rings. The van der Waals surface area contributed by atoms with E-state index in [2.05, 4.69) is 6.58 Å². The number of rotatable bonds is 1. The predicted molar refractivity (Wildman–Crippen MR) is 20.8 cm³/mol. The zero-order valence-electron chi connectivity index (χ0n) is 2.99. The van der Waals surface area contributed by atoms with Crippen molar-refractivity contribution in [1.82, 2.24) is 0 Å². The standard InChI is InChI=1S/C3H5.Cs/c1-3-2;/h3H,1-2H2;. The Balaban J connectivity index is 2.30. The van der Waals surface area contributed by atoms with Crippen LogP contribution in [0.3, 0.4) is 0 Å². The van der Waals surface area contributed by atoms with E-state index in [1.165, 1.54) is -2.15 Å². The monoisotopic (exact) mass is 174 g/mol. The molecule has 0 radical (unpaired) electrons. The summed E-state index contributed by atoms with van der Waals surface area (Å²) in [5.41, 5.74) is 0. The van der Waals surface area contributed by atoms with Crippen molar-refractivity contribution in [3.63, 3.8) is 0 Å². The second kappa shape index (κ2) is 4.79. The van der Waals surface area contributed by atoms with Gasteiger partial charge in [0.1, 0.15) is 0 Å². The van der Waals surface area contributed by atoms with Gasteiger partial charge in [0.2, 0.25) is 0 Å². The third kappa shape index (κ3) is 3.79. The molecule has 0 N–H and O–H groups in total. The van der Waals surface area contributed by atoms with Crippen LogP contribution in [-0.4, -0.2) is 65.9 Å². The summed E-state index contributed by atoms with van der Waals surface area (Å²) in [5, 5.41) is 0. The van der Waals surface area contributed by atoms with Crippen LogP contribution in [0.5, 0.6) is 0 Å². The first-order valence-electron chi connectivity index (χ1n) is 1.52. The van der Waals surface area contributed by atoms with Crippen molar-refractivity contribution in [1.29, 1.82) is 0 Å². The van der Waals surface area contributed by atoms with Gasteiger partial charge in [0.15, 0.2) is 0 Å². The molecule has 0 spiro atoms. The maximum atomic E-state index is 3.53. The van der Waals surface area contributed by atoms with E-state index in [0.717, 1.165) is 65.9 Å². The van der Waals surface area contributed by atoms with Gasteiger partial charge in [-0.05, 0) is 0 Å². The summed E-state index contributed by atoms with van der Waals surface area (Å²) in [6.45, 7) is 3.53. The zero-order valence-corrected chi connectivity index (χ0v) is 9.27. The summed E-state index contributed by atoms with van der Waals surface area (Å²) in [5.74, 6) is 0. The molecule has 1 heteroatoms. The normalized spacial score (nSPS) is 6.50. The average Bonchev–Trinajstić information content (AvgIpc) is 1.37. The number of hydrogen-bond acceptors (Lipinski definition) is 0. The van der Waals surface area contributed by atoms with Crippen molar-refractivity contribution in [2.75, 3.05) is 0 Å². The second-order valence-electron chi connectivity index (χ2n) is 0.697. The molecule has 0 atom stereocenters. The Morgan fingerprint density at radius 3 is 2.25 bits per heavy atom. The van der Waals surface area contributed by atoms with Crippen LogP contribution in [0.1, 0.15) is 0 Å². The molecule has 0 aromatic carbocycles. The fourth-order valence-electron chi connectivity index (χ4n) is 0. The van der Waals surface area contributed by atoms with Crippen LogP contribution in [0.4, 0.5) is 0 Å². The van der Waals surface area contributed by atoms with Gasteiger partial charge in [0.05, 0.1) is 0 Å². The Kier molecular flexibility index (Phi) is 6.94. The number of hydrogen-bond donors (Lipinski definition) is 0. The van der Waals surface area contributed by atoms with E-state index in [0.29, 0.717) is 0 Å². The Morgan fingerprint density at radius 2 is 2.25 bits per heavy atom. The van der Waals surface area contributed by atoms with Crippen LogP contribution < -0.4 is 0 Å². The molecule has 0 aromatic rings. The first-order chi connectivity index (χ1) is 1.91. The van der Waals surface area contributed by atoms with Crippen molar-refractivity contribution >= 4 is 65.9 Å². The van der Waals surface area contributed by atoms with Gasteiger partial charge in [-0.2, -0.15) is 0 Å². The Morgan fingerprint density at radius 1 is 2.00 bits per heavy atom. The molecule has 0 saturated carbocycles. The molecular formula is C3H5Cs. The molecule has 0 aliphatic carbocycles. The minimum atomic E-state index is 0.797. The van der Waals surface area contributed by atoms with Crippen LogP contribution in [0, 0.1) is 0 Å². The van der Waals surface area contributed by atoms with E-state index in [-0.39, 0.29) is 0 Å². The molecule has 0 aromatic heterocycles. The third-order valence-corrected chi connectivity index (χ3v) is 2.10. The Bertz CT molecular complexity index is 17.2. The van der Waals surface area contributed by atoms with E-state index < -0.39 is 0 Å². The Labute approximate surface area is 74.0 Å². The van der Waals surface area contributed by atoms with Gasteiger partial charge < -0.3 is 0 Å². The van der Waals surface area contributed by atoms with Crippen LogP contribution in [0.25, 0.3) is 0 Å². The Hall–Kier alpha value is 1.79.